The van der Waals surface area contributed by atoms with Crippen molar-refractivity contribution in [2.45, 2.75) is 40.2 Å². The Labute approximate surface area is 128 Å². The van der Waals surface area contributed by atoms with Crippen LogP contribution in [0.3, 0.4) is 0 Å². The van der Waals surface area contributed by atoms with Gasteiger partial charge in [-0.05, 0) is 36.6 Å². The summed E-state index contributed by atoms with van der Waals surface area (Å²) < 4.78 is 18.1. The number of amides is 1. The third-order valence-electron chi connectivity index (χ3n) is 2.98. The number of aromatic nitrogens is 2. The predicted octanol–water partition coefficient (Wildman–Crippen LogP) is 3.49. The van der Waals surface area contributed by atoms with Crippen LogP contribution in [0, 0.1) is 11.2 Å². The molecule has 2 aromatic rings. The number of halogens is 1. The molecule has 1 atom stereocenters. The highest BCUT2D eigenvalue weighted by Crippen LogP contribution is 2.21. The molecule has 0 bridgehead atoms. The van der Waals surface area contributed by atoms with Crippen molar-refractivity contribution >= 4 is 5.91 Å². The number of hydrogen-bond donors (Lipinski definition) is 1. The SMILES string of the molecule is C[C@@H](NC(=O)CC(C)(C)C)c1nc(-c2ccc(F)cc2)no1. The van der Waals surface area contributed by atoms with Gasteiger partial charge in [0.25, 0.3) is 0 Å². The molecule has 1 heterocycles. The van der Waals surface area contributed by atoms with Gasteiger partial charge in [0.15, 0.2) is 0 Å². The van der Waals surface area contributed by atoms with Gasteiger partial charge < -0.3 is 9.84 Å². The van der Waals surface area contributed by atoms with E-state index in [-0.39, 0.29) is 23.2 Å². The van der Waals surface area contributed by atoms with Crippen LogP contribution < -0.4 is 5.32 Å². The first-order valence-corrected chi connectivity index (χ1v) is 7.13. The smallest absolute Gasteiger partial charge is 0.249 e. The molecule has 0 aliphatic rings. The minimum Gasteiger partial charge on any atom is -0.345 e. The fourth-order valence-electron chi connectivity index (χ4n) is 1.96. The fraction of sp³-hybridized carbons (Fsp3) is 0.438. The van der Waals surface area contributed by atoms with E-state index < -0.39 is 0 Å². The summed E-state index contributed by atoms with van der Waals surface area (Å²) >= 11 is 0. The van der Waals surface area contributed by atoms with E-state index in [1.165, 1.54) is 12.1 Å². The zero-order valence-electron chi connectivity index (χ0n) is 13.2. The van der Waals surface area contributed by atoms with Gasteiger partial charge in [0.2, 0.25) is 17.6 Å². The fourth-order valence-corrected chi connectivity index (χ4v) is 1.96. The Hall–Kier alpha value is -2.24. The van der Waals surface area contributed by atoms with E-state index in [0.717, 1.165) is 0 Å². The van der Waals surface area contributed by atoms with Crippen molar-refractivity contribution in [3.05, 3.63) is 36.0 Å². The molecule has 0 fully saturated rings. The van der Waals surface area contributed by atoms with Crippen molar-refractivity contribution in [1.82, 2.24) is 15.5 Å². The third kappa shape index (κ3) is 4.38. The summed E-state index contributed by atoms with van der Waals surface area (Å²) in [5, 5.41) is 6.69. The van der Waals surface area contributed by atoms with Crippen LogP contribution in [-0.4, -0.2) is 16.0 Å². The molecule has 0 aliphatic carbocycles. The first kappa shape index (κ1) is 16.1. The van der Waals surface area contributed by atoms with Crippen LogP contribution in [0.5, 0.6) is 0 Å². The normalized spacial score (nSPS) is 13.0. The van der Waals surface area contributed by atoms with Crippen molar-refractivity contribution in [2.24, 2.45) is 5.41 Å². The Bertz CT molecular complexity index is 644. The molecule has 2 rings (SSSR count). The summed E-state index contributed by atoms with van der Waals surface area (Å²) in [6.07, 6.45) is 0.413. The average molecular weight is 305 g/mol. The van der Waals surface area contributed by atoms with Gasteiger partial charge in [-0.2, -0.15) is 4.98 Å². The van der Waals surface area contributed by atoms with Crippen LogP contribution in [0.25, 0.3) is 11.4 Å². The lowest BCUT2D eigenvalue weighted by molar-refractivity contribution is -0.123. The molecule has 118 valence electrons. The maximum absolute atomic E-state index is 12.9. The van der Waals surface area contributed by atoms with Crippen molar-refractivity contribution < 1.29 is 13.7 Å². The monoisotopic (exact) mass is 305 g/mol. The molecular formula is C16H20FN3O2. The average Bonchev–Trinajstić information content (AvgIpc) is 2.86. The zero-order chi connectivity index (χ0) is 16.3. The summed E-state index contributed by atoms with van der Waals surface area (Å²) in [6, 6.07) is 5.44. The molecule has 5 nitrogen and oxygen atoms in total. The lowest BCUT2D eigenvalue weighted by Gasteiger charge is -2.18. The largest absolute Gasteiger partial charge is 0.345 e. The molecule has 0 unspecified atom stereocenters. The summed E-state index contributed by atoms with van der Waals surface area (Å²) in [7, 11) is 0. The molecule has 0 saturated carbocycles. The number of nitrogens with zero attached hydrogens (tertiary/aromatic N) is 2. The van der Waals surface area contributed by atoms with Gasteiger partial charge in [-0.25, -0.2) is 4.39 Å². The molecule has 0 radical (unpaired) electrons. The number of hydrogen-bond acceptors (Lipinski definition) is 4. The molecule has 0 saturated heterocycles. The molecule has 0 spiro atoms. The highest BCUT2D eigenvalue weighted by atomic mass is 19.1. The van der Waals surface area contributed by atoms with E-state index in [1.807, 2.05) is 20.8 Å². The van der Waals surface area contributed by atoms with Crippen LogP contribution >= 0.6 is 0 Å². The minimum absolute atomic E-state index is 0.0680. The Balaban J connectivity index is 2.04. The second-order valence-corrected chi connectivity index (χ2v) is 6.49. The van der Waals surface area contributed by atoms with Gasteiger partial charge in [0.1, 0.15) is 11.9 Å². The molecule has 22 heavy (non-hydrogen) atoms. The van der Waals surface area contributed by atoms with Crippen LogP contribution in [0.2, 0.25) is 0 Å². The number of benzene rings is 1. The van der Waals surface area contributed by atoms with Gasteiger partial charge in [-0.15, -0.1) is 0 Å². The summed E-state index contributed by atoms with van der Waals surface area (Å²) in [4.78, 5) is 16.2. The number of rotatable bonds is 4. The molecular weight excluding hydrogens is 285 g/mol. The van der Waals surface area contributed by atoms with Crippen LogP contribution in [-0.2, 0) is 4.79 Å². The third-order valence-corrected chi connectivity index (χ3v) is 2.98. The molecule has 0 aliphatic heterocycles. The van der Waals surface area contributed by atoms with Gasteiger partial charge in [-0.3, -0.25) is 4.79 Å². The van der Waals surface area contributed by atoms with Gasteiger partial charge >= 0.3 is 0 Å². The van der Waals surface area contributed by atoms with E-state index in [4.69, 9.17) is 4.52 Å². The molecule has 1 amide bonds. The lowest BCUT2D eigenvalue weighted by atomic mass is 9.92. The Morgan fingerprint density at radius 1 is 1.32 bits per heavy atom. The van der Waals surface area contributed by atoms with Gasteiger partial charge in [0, 0.05) is 12.0 Å². The Morgan fingerprint density at radius 2 is 1.95 bits per heavy atom. The molecule has 1 aromatic heterocycles. The first-order valence-electron chi connectivity index (χ1n) is 7.13. The quantitative estimate of drug-likeness (QED) is 0.939. The predicted molar refractivity (Wildman–Crippen MR) is 80.3 cm³/mol. The number of carbonyl (C=O) groups is 1. The standard InChI is InChI=1S/C16H20FN3O2/c1-10(18-13(21)9-16(2,3)4)15-19-14(20-22-15)11-5-7-12(17)8-6-11/h5-8,10H,9H2,1-4H3,(H,18,21)/t10-/m1/s1. The Kier molecular flexibility index (Phi) is 4.59. The van der Waals surface area contributed by atoms with Crippen LogP contribution in [0.1, 0.15) is 46.0 Å². The summed E-state index contributed by atoms with van der Waals surface area (Å²) in [5.41, 5.74) is 0.572. The molecule has 6 heteroatoms. The lowest BCUT2D eigenvalue weighted by Crippen LogP contribution is -2.30. The van der Waals surface area contributed by atoms with Crippen LogP contribution in [0.15, 0.2) is 28.8 Å². The van der Waals surface area contributed by atoms with E-state index in [2.05, 4.69) is 15.5 Å². The first-order chi connectivity index (χ1) is 10.2. The maximum atomic E-state index is 12.9. The highest BCUT2D eigenvalue weighted by Gasteiger charge is 2.21. The van der Waals surface area contributed by atoms with Crippen molar-refractivity contribution in [3.8, 4) is 11.4 Å². The van der Waals surface area contributed by atoms with Crippen molar-refractivity contribution in [1.29, 1.82) is 0 Å². The van der Waals surface area contributed by atoms with E-state index in [0.29, 0.717) is 23.7 Å². The molecule has 1 N–H and O–H groups in total. The zero-order valence-corrected chi connectivity index (χ0v) is 13.2. The van der Waals surface area contributed by atoms with E-state index in [9.17, 15) is 9.18 Å². The second-order valence-electron chi connectivity index (χ2n) is 6.49. The van der Waals surface area contributed by atoms with E-state index >= 15 is 0 Å². The van der Waals surface area contributed by atoms with Crippen molar-refractivity contribution in [2.75, 3.05) is 0 Å². The van der Waals surface area contributed by atoms with Gasteiger partial charge in [0.05, 0.1) is 0 Å². The summed E-state index contributed by atoms with van der Waals surface area (Å²) in [6.45, 7) is 7.77. The van der Waals surface area contributed by atoms with Crippen LogP contribution in [0.4, 0.5) is 4.39 Å². The van der Waals surface area contributed by atoms with Crippen molar-refractivity contribution in [3.63, 3.8) is 0 Å². The molecule has 1 aromatic carbocycles. The number of carbonyl (C=O) groups excluding carboxylic acids is 1. The maximum Gasteiger partial charge on any atom is 0.249 e. The Morgan fingerprint density at radius 3 is 2.55 bits per heavy atom. The topological polar surface area (TPSA) is 68.0 Å². The number of nitrogens with one attached hydrogen (secondary N) is 1. The van der Waals surface area contributed by atoms with E-state index in [1.54, 1.807) is 19.1 Å². The minimum atomic E-state index is -0.378. The summed E-state index contributed by atoms with van der Waals surface area (Å²) in [5.74, 6) is 0.297. The van der Waals surface area contributed by atoms with Gasteiger partial charge in [-0.1, -0.05) is 25.9 Å². The highest BCUT2D eigenvalue weighted by molar-refractivity contribution is 5.76. The second kappa shape index (κ2) is 6.25.